The first-order valence-electron chi connectivity index (χ1n) is 9.28. The summed E-state index contributed by atoms with van der Waals surface area (Å²) in [7, 11) is 3.32. The molecule has 0 aromatic carbocycles. The fraction of sp³-hybridized carbons (Fsp3) is 0.765. The Labute approximate surface area is 153 Å². The molecule has 3 rings (SSSR count). The molecular weight excluding hydrogens is 336 g/mol. The summed E-state index contributed by atoms with van der Waals surface area (Å²) in [4.78, 5) is 27.4. The zero-order chi connectivity index (χ0) is 18.5. The fourth-order valence-electron chi connectivity index (χ4n) is 3.73. The smallest absolute Gasteiger partial charge is 0.407 e. The first kappa shape index (κ1) is 18.6. The summed E-state index contributed by atoms with van der Waals surface area (Å²) in [5, 5.41) is 11.3. The first-order valence-corrected chi connectivity index (χ1v) is 9.28. The van der Waals surface area contributed by atoms with Gasteiger partial charge in [0.15, 0.2) is 0 Å². The summed E-state index contributed by atoms with van der Waals surface area (Å²) in [5.74, 6) is 2.26. The highest BCUT2D eigenvalue weighted by Crippen LogP contribution is 2.27. The Morgan fingerprint density at radius 2 is 1.85 bits per heavy atom. The molecule has 1 N–H and O–H groups in total. The van der Waals surface area contributed by atoms with Gasteiger partial charge in [0.25, 0.3) is 0 Å². The third kappa shape index (κ3) is 4.32. The van der Waals surface area contributed by atoms with Crippen molar-refractivity contribution in [2.75, 3.05) is 39.8 Å². The molecular formula is C17H28N6O3. The normalized spacial score (nSPS) is 18.9. The van der Waals surface area contributed by atoms with Crippen molar-refractivity contribution in [3.05, 3.63) is 11.6 Å². The number of nitrogens with one attached hydrogen (secondary N) is 1. The second kappa shape index (κ2) is 8.48. The molecule has 0 unspecified atom stereocenters. The Bertz CT molecular complexity index is 632. The van der Waals surface area contributed by atoms with E-state index in [-0.39, 0.29) is 12.5 Å². The molecule has 144 valence electrons. The highest BCUT2D eigenvalue weighted by Gasteiger charge is 2.28. The number of carbonyl (C=O) groups excluding carboxylic acids is 2. The van der Waals surface area contributed by atoms with Crippen molar-refractivity contribution in [2.24, 2.45) is 7.05 Å². The maximum Gasteiger partial charge on any atom is 0.407 e. The van der Waals surface area contributed by atoms with Crippen LogP contribution in [-0.4, -0.2) is 76.4 Å². The van der Waals surface area contributed by atoms with Gasteiger partial charge < -0.3 is 19.5 Å². The van der Waals surface area contributed by atoms with Gasteiger partial charge in [-0.05, 0) is 38.8 Å². The van der Waals surface area contributed by atoms with E-state index in [1.807, 2.05) is 7.05 Å². The molecule has 3 heterocycles. The van der Waals surface area contributed by atoms with Crippen LogP contribution in [0.1, 0.15) is 43.3 Å². The van der Waals surface area contributed by atoms with Gasteiger partial charge in [0, 0.05) is 26.1 Å². The van der Waals surface area contributed by atoms with E-state index in [2.05, 4.69) is 29.7 Å². The number of hydrogen-bond donors (Lipinski definition) is 1. The minimum Gasteiger partial charge on any atom is -0.453 e. The third-order valence-electron chi connectivity index (χ3n) is 5.34. The standard InChI is InChI=1S/C17H28N6O3/c1-21-14(12-22-7-3-4-8-22)19-20-16(21)13-5-9-23(10-6-13)15(24)11-18-17(25)26-2/h13H,3-12H2,1-2H3,(H,18,25). The minimum absolute atomic E-state index is 0.0265. The maximum atomic E-state index is 12.1. The zero-order valence-corrected chi connectivity index (χ0v) is 15.6. The van der Waals surface area contributed by atoms with Crippen molar-refractivity contribution < 1.29 is 14.3 Å². The third-order valence-corrected chi connectivity index (χ3v) is 5.34. The van der Waals surface area contributed by atoms with Crippen LogP contribution in [0.3, 0.4) is 0 Å². The number of likely N-dealkylation sites (tertiary alicyclic amines) is 2. The molecule has 9 nitrogen and oxygen atoms in total. The Kier molecular flexibility index (Phi) is 6.08. The van der Waals surface area contributed by atoms with Crippen LogP contribution in [0, 0.1) is 0 Å². The lowest BCUT2D eigenvalue weighted by Crippen LogP contribution is -2.44. The second-order valence-corrected chi connectivity index (χ2v) is 7.02. The summed E-state index contributed by atoms with van der Waals surface area (Å²) < 4.78 is 6.61. The number of alkyl carbamates (subject to hydrolysis) is 1. The van der Waals surface area contributed by atoms with Gasteiger partial charge in [-0.1, -0.05) is 0 Å². The lowest BCUT2D eigenvalue weighted by atomic mass is 9.96. The zero-order valence-electron chi connectivity index (χ0n) is 15.6. The Balaban J connectivity index is 1.51. The van der Waals surface area contributed by atoms with E-state index in [0.29, 0.717) is 19.0 Å². The summed E-state index contributed by atoms with van der Waals surface area (Å²) in [6.45, 7) is 4.45. The topological polar surface area (TPSA) is 92.6 Å². The van der Waals surface area contributed by atoms with Crippen molar-refractivity contribution in [3.63, 3.8) is 0 Å². The Morgan fingerprint density at radius 3 is 2.50 bits per heavy atom. The number of ether oxygens (including phenoxy) is 1. The van der Waals surface area contributed by atoms with E-state index in [9.17, 15) is 9.59 Å². The summed E-state index contributed by atoms with van der Waals surface area (Å²) in [5.41, 5.74) is 0. The molecule has 1 aromatic rings. The molecule has 2 saturated heterocycles. The molecule has 0 bridgehead atoms. The predicted octanol–water partition coefficient (Wildman–Crippen LogP) is 0.473. The molecule has 0 spiro atoms. The summed E-state index contributed by atoms with van der Waals surface area (Å²) >= 11 is 0. The number of rotatable bonds is 5. The number of hydrogen-bond acceptors (Lipinski definition) is 6. The van der Waals surface area contributed by atoms with Crippen molar-refractivity contribution in [1.29, 1.82) is 0 Å². The van der Waals surface area contributed by atoms with E-state index in [4.69, 9.17) is 0 Å². The van der Waals surface area contributed by atoms with Crippen LogP contribution in [0.4, 0.5) is 4.79 Å². The van der Waals surface area contributed by atoms with E-state index in [1.165, 1.54) is 20.0 Å². The second-order valence-electron chi connectivity index (χ2n) is 7.02. The lowest BCUT2D eigenvalue weighted by Gasteiger charge is -2.31. The molecule has 2 fully saturated rings. The van der Waals surface area contributed by atoms with Gasteiger partial charge >= 0.3 is 6.09 Å². The molecule has 0 saturated carbocycles. The highest BCUT2D eigenvalue weighted by molar-refractivity contribution is 5.82. The lowest BCUT2D eigenvalue weighted by molar-refractivity contribution is -0.131. The van der Waals surface area contributed by atoms with Gasteiger partial charge in [-0.25, -0.2) is 4.79 Å². The first-order chi connectivity index (χ1) is 12.6. The van der Waals surface area contributed by atoms with Gasteiger partial charge in [-0.3, -0.25) is 9.69 Å². The van der Waals surface area contributed by atoms with Gasteiger partial charge in [0.1, 0.15) is 18.2 Å². The van der Waals surface area contributed by atoms with Gasteiger partial charge in [0.2, 0.25) is 5.91 Å². The van der Waals surface area contributed by atoms with Crippen LogP contribution in [0.5, 0.6) is 0 Å². The average Bonchev–Trinajstić information content (AvgIpc) is 3.30. The van der Waals surface area contributed by atoms with E-state index < -0.39 is 6.09 Å². The highest BCUT2D eigenvalue weighted by atomic mass is 16.5. The number of carbonyl (C=O) groups is 2. The number of nitrogens with zero attached hydrogens (tertiary/aromatic N) is 5. The van der Waals surface area contributed by atoms with Crippen LogP contribution in [0.2, 0.25) is 0 Å². The quantitative estimate of drug-likeness (QED) is 0.817. The molecule has 26 heavy (non-hydrogen) atoms. The van der Waals surface area contributed by atoms with Crippen LogP contribution in [0.25, 0.3) is 0 Å². The molecule has 2 aliphatic heterocycles. The van der Waals surface area contributed by atoms with Gasteiger partial charge in [0.05, 0.1) is 13.7 Å². The predicted molar refractivity (Wildman–Crippen MR) is 94.5 cm³/mol. The van der Waals surface area contributed by atoms with E-state index >= 15 is 0 Å². The fourth-order valence-corrected chi connectivity index (χ4v) is 3.73. The van der Waals surface area contributed by atoms with Crippen LogP contribution < -0.4 is 5.32 Å². The number of methoxy groups -OCH3 is 1. The van der Waals surface area contributed by atoms with Crippen LogP contribution in [0.15, 0.2) is 0 Å². The van der Waals surface area contributed by atoms with Gasteiger partial charge in [-0.15, -0.1) is 10.2 Å². The Hall–Kier alpha value is -2.16. The van der Waals surface area contributed by atoms with Crippen molar-refractivity contribution in [3.8, 4) is 0 Å². The molecule has 0 atom stereocenters. The van der Waals surface area contributed by atoms with Crippen molar-refractivity contribution in [1.82, 2.24) is 29.9 Å². The number of aromatic nitrogens is 3. The molecule has 2 amide bonds. The van der Waals surface area contributed by atoms with Gasteiger partial charge in [-0.2, -0.15) is 0 Å². The monoisotopic (exact) mass is 364 g/mol. The minimum atomic E-state index is -0.585. The van der Waals surface area contributed by atoms with Crippen LogP contribution >= 0.6 is 0 Å². The Morgan fingerprint density at radius 1 is 1.15 bits per heavy atom. The number of piperidine rings is 1. The summed E-state index contributed by atoms with van der Waals surface area (Å²) in [6.07, 6.45) is 3.67. The molecule has 0 radical (unpaired) electrons. The van der Waals surface area contributed by atoms with E-state index in [0.717, 1.165) is 44.1 Å². The van der Waals surface area contributed by atoms with E-state index in [1.54, 1.807) is 4.90 Å². The molecule has 0 aliphatic carbocycles. The largest absolute Gasteiger partial charge is 0.453 e. The van der Waals surface area contributed by atoms with Crippen molar-refractivity contribution in [2.45, 2.75) is 38.1 Å². The maximum absolute atomic E-state index is 12.1. The number of amides is 2. The SMILES string of the molecule is COC(=O)NCC(=O)N1CCC(c2nnc(CN3CCCC3)n2C)CC1. The molecule has 9 heteroatoms. The summed E-state index contributed by atoms with van der Waals surface area (Å²) in [6, 6.07) is 0. The molecule has 2 aliphatic rings. The van der Waals surface area contributed by atoms with Crippen LogP contribution in [-0.2, 0) is 23.1 Å². The van der Waals surface area contributed by atoms with Crippen molar-refractivity contribution >= 4 is 12.0 Å². The average molecular weight is 364 g/mol. The molecule has 1 aromatic heterocycles.